The standard InChI is InChI=1S/C11H9F3N4O2/c12-11(13,14)8-5-7(1-2-9(8)18(19)20)17-6-10-15-3-4-16-10/h1-5,17H,6H2,(H,15,16). The normalized spacial score (nSPS) is 11.3. The van der Waals surface area contributed by atoms with Crippen LogP contribution in [0.25, 0.3) is 0 Å². The molecule has 0 aliphatic heterocycles. The van der Waals surface area contributed by atoms with Gasteiger partial charge in [0.2, 0.25) is 0 Å². The number of aromatic amines is 1. The molecule has 0 aliphatic carbocycles. The van der Waals surface area contributed by atoms with E-state index < -0.39 is 22.4 Å². The van der Waals surface area contributed by atoms with Crippen molar-refractivity contribution in [2.45, 2.75) is 12.7 Å². The van der Waals surface area contributed by atoms with E-state index in [4.69, 9.17) is 0 Å². The SMILES string of the molecule is O=[N+]([O-])c1ccc(NCc2ncc[nH]2)cc1C(F)(F)F. The molecule has 0 fully saturated rings. The number of nitrogens with one attached hydrogen (secondary N) is 2. The lowest BCUT2D eigenvalue weighted by Crippen LogP contribution is -2.10. The van der Waals surface area contributed by atoms with Crippen molar-refractivity contribution in [1.82, 2.24) is 9.97 Å². The number of rotatable bonds is 4. The number of imidazole rings is 1. The van der Waals surface area contributed by atoms with Gasteiger partial charge in [-0.3, -0.25) is 10.1 Å². The molecule has 0 amide bonds. The summed E-state index contributed by atoms with van der Waals surface area (Å²) in [5.41, 5.74) is -2.13. The van der Waals surface area contributed by atoms with Gasteiger partial charge >= 0.3 is 6.18 Å². The van der Waals surface area contributed by atoms with E-state index >= 15 is 0 Å². The number of alkyl halides is 3. The first kappa shape index (κ1) is 13.8. The minimum Gasteiger partial charge on any atom is -0.378 e. The number of nitro benzene ring substituents is 1. The van der Waals surface area contributed by atoms with Gasteiger partial charge in [0.25, 0.3) is 5.69 Å². The van der Waals surface area contributed by atoms with Gasteiger partial charge < -0.3 is 10.3 Å². The minimum atomic E-state index is -4.79. The van der Waals surface area contributed by atoms with Gasteiger partial charge in [-0.15, -0.1) is 0 Å². The Morgan fingerprint density at radius 1 is 1.40 bits per heavy atom. The molecule has 0 bridgehead atoms. The van der Waals surface area contributed by atoms with Crippen LogP contribution in [0.1, 0.15) is 11.4 Å². The Balaban J connectivity index is 2.25. The van der Waals surface area contributed by atoms with Crippen molar-refractivity contribution in [3.05, 3.63) is 52.1 Å². The van der Waals surface area contributed by atoms with Crippen LogP contribution in [0.4, 0.5) is 24.5 Å². The van der Waals surface area contributed by atoms with Crippen LogP contribution < -0.4 is 5.32 Å². The number of H-pyrrole nitrogens is 1. The van der Waals surface area contributed by atoms with Crippen LogP contribution in [-0.2, 0) is 12.7 Å². The third-order valence-electron chi connectivity index (χ3n) is 2.51. The fraction of sp³-hybridized carbons (Fsp3) is 0.182. The molecule has 20 heavy (non-hydrogen) atoms. The summed E-state index contributed by atoms with van der Waals surface area (Å²) < 4.78 is 38.3. The zero-order chi connectivity index (χ0) is 14.8. The van der Waals surface area contributed by atoms with Crippen LogP contribution in [0.2, 0.25) is 0 Å². The van der Waals surface area contributed by atoms with E-state index in [2.05, 4.69) is 15.3 Å². The highest BCUT2D eigenvalue weighted by molar-refractivity contribution is 5.55. The fourth-order valence-corrected chi connectivity index (χ4v) is 1.61. The van der Waals surface area contributed by atoms with Gasteiger partial charge in [-0.2, -0.15) is 13.2 Å². The maximum Gasteiger partial charge on any atom is 0.423 e. The highest BCUT2D eigenvalue weighted by atomic mass is 19.4. The first-order valence-electron chi connectivity index (χ1n) is 5.45. The maximum atomic E-state index is 12.8. The Hall–Kier alpha value is -2.58. The molecule has 106 valence electrons. The second-order valence-corrected chi connectivity index (χ2v) is 3.88. The summed E-state index contributed by atoms with van der Waals surface area (Å²) in [7, 11) is 0. The summed E-state index contributed by atoms with van der Waals surface area (Å²) in [6.07, 6.45) is -1.70. The summed E-state index contributed by atoms with van der Waals surface area (Å²) in [5, 5.41) is 13.3. The number of nitrogens with zero attached hydrogens (tertiary/aromatic N) is 2. The summed E-state index contributed by atoms with van der Waals surface area (Å²) in [5.74, 6) is 0.539. The molecule has 0 atom stereocenters. The van der Waals surface area contributed by atoms with Gasteiger partial charge in [-0.05, 0) is 12.1 Å². The van der Waals surface area contributed by atoms with E-state index in [-0.39, 0.29) is 12.2 Å². The second kappa shape index (κ2) is 5.19. The minimum absolute atomic E-state index is 0.124. The molecule has 0 saturated heterocycles. The van der Waals surface area contributed by atoms with E-state index in [0.29, 0.717) is 11.9 Å². The Kier molecular flexibility index (Phi) is 3.59. The molecule has 2 N–H and O–H groups in total. The van der Waals surface area contributed by atoms with Gasteiger partial charge in [0.1, 0.15) is 11.4 Å². The molecule has 1 aromatic heterocycles. The van der Waals surface area contributed by atoms with Crippen LogP contribution in [0, 0.1) is 10.1 Å². The molecule has 0 saturated carbocycles. The number of hydrogen-bond donors (Lipinski definition) is 2. The summed E-state index contributed by atoms with van der Waals surface area (Å²) in [4.78, 5) is 16.2. The van der Waals surface area contributed by atoms with Gasteiger partial charge in [-0.25, -0.2) is 4.98 Å². The summed E-state index contributed by atoms with van der Waals surface area (Å²) >= 11 is 0. The Morgan fingerprint density at radius 2 is 2.15 bits per heavy atom. The number of benzene rings is 1. The predicted octanol–water partition coefficient (Wildman–Crippen LogP) is 2.95. The first-order chi connectivity index (χ1) is 9.38. The van der Waals surface area contributed by atoms with Crippen molar-refractivity contribution in [1.29, 1.82) is 0 Å². The number of halogens is 3. The zero-order valence-corrected chi connectivity index (χ0v) is 9.94. The molecule has 0 spiro atoms. The van der Waals surface area contributed by atoms with Crippen molar-refractivity contribution in [2.75, 3.05) is 5.32 Å². The molecule has 6 nitrogen and oxygen atoms in total. The van der Waals surface area contributed by atoms with Crippen molar-refractivity contribution in [3.63, 3.8) is 0 Å². The molecule has 1 aromatic carbocycles. The Morgan fingerprint density at radius 3 is 2.70 bits per heavy atom. The van der Waals surface area contributed by atoms with Crippen LogP contribution in [-0.4, -0.2) is 14.9 Å². The lowest BCUT2D eigenvalue weighted by Gasteiger charge is -2.10. The van der Waals surface area contributed by atoms with E-state index in [1.807, 2.05) is 0 Å². The van der Waals surface area contributed by atoms with Crippen LogP contribution >= 0.6 is 0 Å². The topological polar surface area (TPSA) is 83.8 Å². The first-order valence-corrected chi connectivity index (χ1v) is 5.45. The van der Waals surface area contributed by atoms with Gasteiger partial charge in [-0.1, -0.05) is 0 Å². The third-order valence-corrected chi connectivity index (χ3v) is 2.51. The average molecular weight is 286 g/mol. The molecular weight excluding hydrogens is 277 g/mol. The van der Waals surface area contributed by atoms with Crippen LogP contribution in [0.5, 0.6) is 0 Å². The van der Waals surface area contributed by atoms with Gasteiger partial charge in [0, 0.05) is 24.1 Å². The van der Waals surface area contributed by atoms with Crippen molar-refractivity contribution in [2.24, 2.45) is 0 Å². The van der Waals surface area contributed by atoms with Crippen LogP contribution in [0.3, 0.4) is 0 Å². The lowest BCUT2D eigenvalue weighted by molar-refractivity contribution is -0.388. The predicted molar refractivity (Wildman–Crippen MR) is 64.0 cm³/mol. The van der Waals surface area contributed by atoms with Gasteiger partial charge in [0.05, 0.1) is 11.5 Å². The monoisotopic (exact) mass is 286 g/mol. The summed E-state index contributed by atoms with van der Waals surface area (Å²) in [6.45, 7) is 0.183. The molecule has 1 heterocycles. The number of nitro groups is 1. The quantitative estimate of drug-likeness (QED) is 0.668. The molecule has 2 rings (SSSR count). The maximum absolute atomic E-state index is 12.8. The lowest BCUT2D eigenvalue weighted by atomic mass is 10.1. The van der Waals surface area contributed by atoms with Crippen molar-refractivity contribution >= 4 is 11.4 Å². The number of anilines is 1. The van der Waals surface area contributed by atoms with Crippen LogP contribution in [0.15, 0.2) is 30.6 Å². The van der Waals surface area contributed by atoms with Crippen molar-refractivity contribution in [3.8, 4) is 0 Å². The second-order valence-electron chi connectivity index (χ2n) is 3.88. The highest BCUT2D eigenvalue weighted by Crippen LogP contribution is 2.37. The fourth-order valence-electron chi connectivity index (χ4n) is 1.61. The summed E-state index contributed by atoms with van der Waals surface area (Å²) in [6, 6.07) is 2.75. The smallest absolute Gasteiger partial charge is 0.378 e. The molecule has 0 unspecified atom stereocenters. The van der Waals surface area contributed by atoms with E-state index in [0.717, 1.165) is 6.07 Å². The molecule has 2 aromatic rings. The van der Waals surface area contributed by atoms with E-state index in [9.17, 15) is 23.3 Å². The third kappa shape index (κ3) is 3.05. The zero-order valence-electron chi connectivity index (χ0n) is 9.94. The number of aromatic nitrogens is 2. The molecule has 0 aliphatic rings. The Labute approximate surface area is 110 Å². The Bertz CT molecular complexity index is 611. The number of hydrogen-bond acceptors (Lipinski definition) is 4. The largest absolute Gasteiger partial charge is 0.423 e. The van der Waals surface area contributed by atoms with E-state index in [1.54, 1.807) is 6.20 Å². The molecule has 9 heteroatoms. The van der Waals surface area contributed by atoms with Gasteiger partial charge in [0.15, 0.2) is 0 Å². The molecule has 0 radical (unpaired) electrons. The van der Waals surface area contributed by atoms with E-state index in [1.165, 1.54) is 12.3 Å². The molecular formula is C11H9F3N4O2. The highest BCUT2D eigenvalue weighted by Gasteiger charge is 2.38. The average Bonchev–Trinajstić information content (AvgIpc) is 2.88. The van der Waals surface area contributed by atoms with Crippen molar-refractivity contribution < 1.29 is 18.1 Å².